The van der Waals surface area contributed by atoms with Gasteiger partial charge in [-0.15, -0.1) is 0 Å². The van der Waals surface area contributed by atoms with Crippen LogP contribution in [0.25, 0.3) is 0 Å². The SMILES string of the molecule is CCCNC1CCN(S(=O)(=O)NCC(F)(F)F)CC1CC. The van der Waals surface area contributed by atoms with E-state index in [9.17, 15) is 21.6 Å². The van der Waals surface area contributed by atoms with Gasteiger partial charge in [0.05, 0.1) is 0 Å². The van der Waals surface area contributed by atoms with E-state index in [4.69, 9.17) is 0 Å². The highest BCUT2D eigenvalue weighted by atomic mass is 32.2. The lowest BCUT2D eigenvalue weighted by molar-refractivity contribution is -0.121. The minimum Gasteiger partial charge on any atom is -0.314 e. The van der Waals surface area contributed by atoms with Crippen molar-refractivity contribution >= 4 is 10.2 Å². The summed E-state index contributed by atoms with van der Waals surface area (Å²) in [4.78, 5) is 0. The maximum atomic E-state index is 12.1. The van der Waals surface area contributed by atoms with Crippen molar-refractivity contribution in [1.29, 1.82) is 0 Å². The van der Waals surface area contributed by atoms with Crippen molar-refractivity contribution in [2.24, 2.45) is 5.92 Å². The van der Waals surface area contributed by atoms with Crippen LogP contribution in [0.1, 0.15) is 33.1 Å². The molecule has 0 aliphatic carbocycles. The van der Waals surface area contributed by atoms with Gasteiger partial charge in [-0.05, 0) is 25.3 Å². The van der Waals surface area contributed by atoms with Crippen LogP contribution in [0.2, 0.25) is 0 Å². The second-order valence-corrected chi connectivity index (χ2v) is 7.07. The summed E-state index contributed by atoms with van der Waals surface area (Å²) in [5, 5.41) is 3.38. The van der Waals surface area contributed by atoms with Crippen molar-refractivity contribution in [2.45, 2.75) is 45.3 Å². The molecule has 1 heterocycles. The van der Waals surface area contributed by atoms with Crippen molar-refractivity contribution < 1.29 is 21.6 Å². The van der Waals surface area contributed by atoms with E-state index < -0.39 is 22.9 Å². The first-order chi connectivity index (χ1) is 9.69. The molecule has 1 aliphatic heterocycles. The van der Waals surface area contributed by atoms with Gasteiger partial charge in [0.15, 0.2) is 0 Å². The number of halogens is 3. The molecule has 0 aromatic heterocycles. The first kappa shape index (κ1) is 18.7. The number of hydrogen-bond donors (Lipinski definition) is 2. The molecule has 0 aromatic carbocycles. The van der Waals surface area contributed by atoms with Crippen LogP contribution in [0.15, 0.2) is 0 Å². The number of nitrogens with one attached hydrogen (secondary N) is 2. The van der Waals surface area contributed by atoms with Gasteiger partial charge in [-0.2, -0.15) is 30.6 Å². The Hall–Kier alpha value is -0.380. The summed E-state index contributed by atoms with van der Waals surface area (Å²) in [7, 11) is -4.07. The van der Waals surface area contributed by atoms with Gasteiger partial charge >= 0.3 is 6.18 Å². The van der Waals surface area contributed by atoms with E-state index in [2.05, 4.69) is 12.2 Å². The van der Waals surface area contributed by atoms with Gasteiger partial charge in [0.1, 0.15) is 6.54 Å². The zero-order valence-corrected chi connectivity index (χ0v) is 13.2. The average Bonchev–Trinajstić information content (AvgIpc) is 2.42. The monoisotopic (exact) mass is 331 g/mol. The van der Waals surface area contributed by atoms with Crippen LogP contribution >= 0.6 is 0 Å². The fourth-order valence-corrected chi connectivity index (χ4v) is 3.76. The van der Waals surface area contributed by atoms with Crippen LogP contribution in [0, 0.1) is 5.92 Å². The summed E-state index contributed by atoms with van der Waals surface area (Å²) in [5.41, 5.74) is 0. The number of nitrogens with zero attached hydrogens (tertiary/aromatic N) is 1. The first-order valence-electron chi connectivity index (χ1n) is 7.24. The van der Waals surface area contributed by atoms with Crippen molar-refractivity contribution in [3.05, 3.63) is 0 Å². The van der Waals surface area contributed by atoms with Crippen LogP contribution < -0.4 is 10.0 Å². The van der Waals surface area contributed by atoms with E-state index in [0.29, 0.717) is 6.42 Å². The van der Waals surface area contributed by atoms with Crippen molar-refractivity contribution in [1.82, 2.24) is 14.3 Å². The molecule has 1 saturated heterocycles. The average molecular weight is 331 g/mol. The van der Waals surface area contributed by atoms with Gasteiger partial charge < -0.3 is 5.32 Å². The lowest BCUT2D eigenvalue weighted by Crippen LogP contribution is -2.54. The Balaban J connectivity index is 2.61. The van der Waals surface area contributed by atoms with Crippen LogP contribution in [0.3, 0.4) is 0 Å². The van der Waals surface area contributed by atoms with Crippen molar-refractivity contribution in [3.63, 3.8) is 0 Å². The molecule has 1 aliphatic rings. The Morgan fingerprint density at radius 2 is 1.95 bits per heavy atom. The van der Waals surface area contributed by atoms with Gasteiger partial charge in [0.25, 0.3) is 10.2 Å². The molecule has 2 N–H and O–H groups in total. The van der Waals surface area contributed by atoms with E-state index in [1.54, 1.807) is 4.72 Å². The Morgan fingerprint density at radius 1 is 1.29 bits per heavy atom. The fraction of sp³-hybridized carbons (Fsp3) is 1.00. The summed E-state index contributed by atoms with van der Waals surface area (Å²) in [5.74, 6) is 0.118. The number of alkyl halides is 3. The van der Waals surface area contributed by atoms with Crippen LogP contribution in [0.4, 0.5) is 13.2 Å². The summed E-state index contributed by atoms with van der Waals surface area (Å²) in [6.07, 6.45) is -2.15. The second-order valence-electron chi connectivity index (χ2n) is 5.32. The van der Waals surface area contributed by atoms with Crippen LogP contribution in [-0.2, 0) is 10.2 Å². The zero-order chi connectivity index (χ0) is 16.1. The highest BCUT2D eigenvalue weighted by Crippen LogP contribution is 2.22. The molecule has 0 bridgehead atoms. The smallest absolute Gasteiger partial charge is 0.314 e. The Kier molecular flexibility index (Phi) is 6.89. The standard InChI is InChI=1S/C12H24F3N3O2S/c1-3-6-16-11-5-7-18(8-10(11)4-2)21(19,20)17-9-12(13,14)15/h10-11,16-17H,3-9H2,1-2H3. The Labute approximate surface area is 124 Å². The summed E-state index contributed by atoms with van der Waals surface area (Å²) in [6.45, 7) is 3.84. The van der Waals surface area contributed by atoms with Gasteiger partial charge in [0.2, 0.25) is 0 Å². The van der Waals surface area contributed by atoms with Gasteiger partial charge in [-0.1, -0.05) is 20.3 Å². The molecule has 21 heavy (non-hydrogen) atoms. The third-order valence-electron chi connectivity index (χ3n) is 3.67. The summed E-state index contributed by atoms with van der Waals surface area (Å²) in [6, 6.07) is 0.226. The van der Waals surface area contributed by atoms with E-state index in [1.165, 1.54) is 0 Å². The lowest BCUT2D eigenvalue weighted by Gasteiger charge is -2.38. The predicted octanol–water partition coefficient (Wildman–Crippen LogP) is 1.48. The van der Waals surface area contributed by atoms with Gasteiger partial charge in [-0.3, -0.25) is 0 Å². The molecular formula is C12H24F3N3O2S. The molecule has 0 aromatic rings. The normalized spacial score (nSPS) is 25.2. The molecule has 1 rings (SSSR count). The maximum Gasteiger partial charge on any atom is 0.402 e. The number of rotatable bonds is 7. The molecule has 126 valence electrons. The molecule has 2 atom stereocenters. The predicted molar refractivity (Wildman–Crippen MR) is 75.0 cm³/mol. The van der Waals surface area contributed by atoms with Crippen molar-refractivity contribution in [2.75, 3.05) is 26.2 Å². The quantitative estimate of drug-likeness (QED) is 0.743. The van der Waals surface area contributed by atoms with Gasteiger partial charge in [0, 0.05) is 19.1 Å². The molecule has 9 heteroatoms. The maximum absolute atomic E-state index is 12.1. The van der Waals surface area contributed by atoms with Crippen LogP contribution in [-0.4, -0.2) is 51.1 Å². The largest absolute Gasteiger partial charge is 0.402 e. The fourth-order valence-electron chi connectivity index (χ4n) is 2.49. The first-order valence-corrected chi connectivity index (χ1v) is 8.68. The molecule has 2 unspecified atom stereocenters. The molecule has 5 nitrogen and oxygen atoms in total. The topological polar surface area (TPSA) is 61.4 Å². The van der Waals surface area contributed by atoms with Gasteiger partial charge in [-0.25, -0.2) is 0 Å². The Morgan fingerprint density at radius 3 is 2.48 bits per heavy atom. The second kappa shape index (κ2) is 7.75. The number of hydrogen-bond acceptors (Lipinski definition) is 3. The van der Waals surface area contributed by atoms with E-state index in [-0.39, 0.29) is 25.0 Å². The minimum atomic E-state index is -4.54. The zero-order valence-electron chi connectivity index (χ0n) is 12.4. The van der Waals surface area contributed by atoms with Crippen molar-refractivity contribution in [3.8, 4) is 0 Å². The highest BCUT2D eigenvalue weighted by molar-refractivity contribution is 7.87. The minimum absolute atomic E-state index is 0.118. The molecule has 1 fully saturated rings. The van der Waals surface area contributed by atoms with Crippen LogP contribution in [0.5, 0.6) is 0 Å². The third kappa shape index (κ3) is 6.09. The molecule has 0 saturated carbocycles. The molecular weight excluding hydrogens is 307 g/mol. The molecule has 0 amide bonds. The Bertz CT molecular complexity index is 414. The molecule has 0 spiro atoms. The van der Waals surface area contributed by atoms with E-state index >= 15 is 0 Å². The van der Waals surface area contributed by atoms with E-state index in [0.717, 1.165) is 23.7 Å². The summed E-state index contributed by atoms with van der Waals surface area (Å²) < 4.78 is 63.0. The van der Waals surface area contributed by atoms with E-state index in [1.807, 2.05) is 6.92 Å². The highest BCUT2D eigenvalue weighted by Gasteiger charge is 2.36. The number of piperidine rings is 1. The molecule has 0 radical (unpaired) electrons. The summed E-state index contributed by atoms with van der Waals surface area (Å²) >= 11 is 0. The third-order valence-corrected chi connectivity index (χ3v) is 5.19. The lowest BCUT2D eigenvalue weighted by atomic mass is 9.91.